The number of hydrogen-bond donors (Lipinski definition) is 0. The Morgan fingerprint density at radius 2 is 0.656 bits per heavy atom. The molecule has 0 aliphatic carbocycles. The minimum Gasteiger partial charge on any atom is -0.309 e. The Hall–Kier alpha value is -8.18. The van der Waals surface area contributed by atoms with Crippen LogP contribution < -0.4 is 20.7 Å². The largest absolute Gasteiger partial charge is 0.309 e. The maximum atomic E-state index is 2.54. The molecule has 0 unspecified atom stereocenters. The van der Waals surface area contributed by atoms with Crippen LogP contribution in [0.15, 0.2) is 249 Å². The fourth-order valence-electron chi connectivity index (χ4n) is 10.9. The monoisotopic (exact) mass is 831 g/mol. The van der Waals surface area contributed by atoms with Gasteiger partial charge in [-0.2, -0.15) is 0 Å². The van der Waals surface area contributed by atoms with Gasteiger partial charge in [0.25, 0.3) is 0 Å². The number of benzene rings is 10. The molecule has 3 aromatic heterocycles. The maximum Gasteiger partial charge on any atom is 0.179 e. The first-order valence-electron chi connectivity index (χ1n) is 22.1. The summed E-state index contributed by atoms with van der Waals surface area (Å²) in [5, 5.41) is 12.9. The first-order chi connectivity index (χ1) is 31.8. The molecular formula is C60H41N3Si. The summed E-state index contributed by atoms with van der Waals surface area (Å²) < 4.78 is 7.43. The Labute approximate surface area is 372 Å². The smallest absolute Gasteiger partial charge is 0.179 e. The van der Waals surface area contributed by atoms with Crippen molar-refractivity contribution in [3.05, 3.63) is 249 Å². The van der Waals surface area contributed by atoms with E-state index in [-0.39, 0.29) is 0 Å². The van der Waals surface area contributed by atoms with E-state index in [1.807, 2.05) is 0 Å². The SMILES string of the molecule is c1ccc(-n2c3ccccc3c3cc(-n4c5ccc([Si](c6ccccc6)(c6ccccc6)c6ccccc6)cc5c5cccc(-n6c7ccccc7c7ccccc76)c54)ccc32)cc1. The van der Waals surface area contributed by atoms with E-state index < -0.39 is 8.07 Å². The molecule has 300 valence electrons. The lowest BCUT2D eigenvalue weighted by Gasteiger charge is -2.34. The van der Waals surface area contributed by atoms with Crippen molar-refractivity contribution in [2.24, 2.45) is 0 Å². The van der Waals surface area contributed by atoms with Gasteiger partial charge in [-0.1, -0.05) is 188 Å². The second kappa shape index (κ2) is 14.5. The van der Waals surface area contributed by atoms with Gasteiger partial charge in [-0.25, -0.2) is 0 Å². The Bertz CT molecular complexity index is 3730. The standard InChI is InChI=1S/C60H41N3Si/c1-5-20-42(21-6-1)61-54-32-16-15-30-50(54)52-40-43(36-38-57(52)61)62-58-39-37-47(64(44-22-7-2-8-23-44,45-24-9-3-10-25-45)46-26-11-4-12-27-46)41-53(58)51-31-19-35-59(60(51)62)63-55-33-17-13-28-48(55)49-29-14-18-34-56(49)63/h1-41H. The van der Waals surface area contributed by atoms with Crippen molar-refractivity contribution in [1.82, 2.24) is 13.7 Å². The Morgan fingerprint density at radius 3 is 1.23 bits per heavy atom. The van der Waals surface area contributed by atoms with Gasteiger partial charge in [0, 0.05) is 43.7 Å². The van der Waals surface area contributed by atoms with Crippen LogP contribution in [-0.4, -0.2) is 21.8 Å². The second-order valence-electron chi connectivity index (χ2n) is 16.8. The predicted octanol–water partition coefficient (Wildman–Crippen LogP) is 12.4. The summed E-state index contributed by atoms with van der Waals surface area (Å²) in [6.45, 7) is 0. The average molecular weight is 832 g/mol. The van der Waals surface area contributed by atoms with Crippen molar-refractivity contribution < 1.29 is 0 Å². The molecule has 13 aromatic rings. The van der Waals surface area contributed by atoms with Crippen molar-refractivity contribution in [3.8, 4) is 17.1 Å². The molecule has 0 fully saturated rings. The van der Waals surface area contributed by atoms with E-state index in [1.165, 1.54) is 86.2 Å². The lowest BCUT2D eigenvalue weighted by atomic mass is 10.1. The van der Waals surface area contributed by atoms with Gasteiger partial charge in [-0.05, 0) is 81.4 Å². The third kappa shape index (κ3) is 5.27. The first kappa shape index (κ1) is 36.5. The van der Waals surface area contributed by atoms with Crippen LogP contribution in [0.25, 0.3) is 82.5 Å². The summed E-state index contributed by atoms with van der Waals surface area (Å²) >= 11 is 0. The molecule has 0 atom stereocenters. The van der Waals surface area contributed by atoms with E-state index in [9.17, 15) is 0 Å². The molecule has 0 spiro atoms. The van der Waals surface area contributed by atoms with Crippen LogP contribution in [0.5, 0.6) is 0 Å². The molecule has 3 nitrogen and oxygen atoms in total. The van der Waals surface area contributed by atoms with Crippen LogP contribution in [-0.2, 0) is 0 Å². The summed E-state index contributed by atoms with van der Waals surface area (Å²) in [5.74, 6) is 0. The van der Waals surface area contributed by atoms with Crippen LogP contribution in [0.2, 0.25) is 0 Å². The lowest BCUT2D eigenvalue weighted by Crippen LogP contribution is -2.74. The summed E-state index contributed by atoms with van der Waals surface area (Å²) in [6.07, 6.45) is 0. The quantitative estimate of drug-likeness (QED) is 0.112. The van der Waals surface area contributed by atoms with Gasteiger partial charge >= 0.3 is 0 Å². The molecule has 64 heavy (non-hydrogen) atoms. The molecule has 3 heterocycles. The molecule has 0 bridgehead atoms. The Morgan fingerprint density at radius 1 is 0.234 bits per heavy atom. The number of hydrogen-bond acceptors (Lipinski definition) is 0. The molecule has 0 saturated carbocycles. The van der Waals surface area contributed by atoms with E-state index in [0.29, 0.717) is 0 Å². The fraction of sp³-hybridized carbons (Fsp3) is 0. The molecular weight excluding hydrogens is 791 g/mol. The summed E-state index contributed by atoms with van der Waals surface area (Å²) in [6, 6.07) is 92.3. The van der Waals surface area contributed by atoms with Crippen LogP contribution in [0.4, 0.5) is 0 Å². The minimum absolute atomic E-state index is 1.13. The van der Waals surface area contributed by atoms with Crippen molar-refractivity contribution in [3.63, 3.8) is 0 Å². The number of para-hydroxylation sites is 5. The van der Waals surface area contributed by atoms with Crippen LogP contribution in [0, 0.1) is 0 Å². The maximum absolute atomic E-state index is 2.83. The van der Waals surface area contributed by atoms with Crippen LogP contribution in [0.1, 0.15) is 0 Å². The van der Waals surface area contributed by atoms with E-state index in [2.05, 4.69) is 262 Å². The van der Waals surface area contributed by atoms with Gasteiger partial charge in [0.05, 0.1) is 38.8 Å². The van der Waals surface area contributed by atoms with Crippen LogP contribution >= 0.6 is 0 Å². The Balaban J connectivity index is 1.17. The van der Waals surface area contributed by atoms with Gasteiger partial charge in [0.2, 0.25) is 0 Å². The fourth-order valence-corrected chi connectivity index (χ4v) is 15.7. The second-order valence-corrected chi connectivity index (χ2v) is 20.7. The number of nitrogens with zero attached hydrogens (tertiary/aromatic N) is 3. The van der Waals surface area contributed by atoms with Gasteiger partial charge in [-0.15, -0.1) is 0 Å². The number of aromatic nitrogens is 3. The van der Waals surface area contributed by atoms with E-state index in [1.54, 1.807) is 0 Å². The summed E-state index contributed by atoms with van der Waals surface area (Å²) in [4.78, 5) is 0. The molecule has 4 heteroatoms. The van der Waals surface area contributed by atoms with Crippen molar-refractivity contribution in [2.75, 3.05) is 0 Å². The molecule has 0 saturated heterocycles. The zero-order valence-corrected chi connectivity index (χ0v) is 36.0. The molecule has 0 N–H and O–H groups in total. The van der Waals surface area contributed by atoms with Gasteiger partial charge in [0.15, 0.2) is 8.07 Å². The highest BCUT2D eigenvalue weighted by Crippen LogP contribution is 2.41. The van der Waals surface area contributed by atoms with E-state index >= 15 is 0 Å². The third-order valence-corrected chi connectivity index (χ3v) is 18.3. The Kier molecular flexibility index (Phi) is 8.23. The average Bonchev–Trinajstić information content (AvgIpc) is 4.01. The third-order valence-electron chi connectivity index (χ3n) is 13.6. The zero-order chi connectivity index (χ0) is 42.2. The van der Waals surface area contributed by atoms with Crippen molar-refractivity contribution in [2.45, 2.75) is 0 Å². The van der Waals surface area contributed by atoms with Crippen molar-refractivity contribution in [1.29, 1.82) is 0 Å². The van der Waals surface area contributed by atoms with Crippen LogP contribution in [0.3, 0.4) is 0 Å². The van der Waals surface area contributed by atoms with E-state index in [0.717, 1.165) is 17.1 Å². The zero-order valence-electron chi connectivity index (χ0n) is 35.0. The number of fused-ring (bicyclic) bond motifs is 9. The van der Waals surface area contributed by atoms with E-state index in [4.69, 9.17) is 0 Å². The molecule has 10 aromatic carbocycles. The number of rotatable bonds is 7. The minimum atomic E-state index is -2.83. The van der Waals surface area contributed by atoms with Gasteiger partial charge in [-0.3, -0.25) is 0 Å². The van der Waals surface area contributed by atoms with Gasteiger partial charge in [0.1, 0.15) is 0 Å². The van der Waals surface area contributed by atoms with Crippen molar-refractivity contribution >= 4 is 94.2 Å². The highest BCUT2D eigenvalue weighted by molar-refractivity contribution is 7.20. The molecule has 0 aliphatic rings. The highest BCUT2D eigenvalue weighted by atomic mass is 28.3. The molecule has 0 aliphatic heterocycles. The lowest BCUT2D eigenvalue weighted by molar-refractivity contribution is 1.13. The topological polar surface area (TPSA) is 14.8 Å². The molecule has 0 radical (unpaired) electrons. The predicted molar refractivity (Wildman–Crippen MR) is 273 cm³/mol. The molecule has 0 amide bonds. The summed E-state index contributed by atoms with van der Waals surface area (Å²) in [5.41, 5.74) is 10.6. The highest BCUT2D eigenvalue weighted by Gasteiger charge is 2.41. The summed E-state index contributed by atoms with van der Waals surface area (Å²) in [7, 11) is -2.83. The normalized spacial score (nSPS) is 12.1. The first-order valence-corrected chi connectivity index (χ1v) is 24.1. The molecule has 13 rings (SSSR count). The van der Waals surface area contributed by atoms with Gasteiger partial charge < -0.3 is 13.7 Å².